The minimum atomic E-state index is -4.12. The molecule has 5 heteroatoms. The molecule has 0 bridgehead atoms. The molecule has 0 heterocycles. The standard InChI is InChI=1S/C5H11F3N2/c1-2-3-9-10-4-5(6,7)8/h9-10H,2-4H2,1H3. The van der Waals surface area contributed by atoms with Crippen LogP contribution in [-0.2, 0) is 0 Å². The highest BCUT2D eigenvalue weighted by molar-refractivity contribution is 4.51. The molecule has 0 amide bonds. The number of halogens is 3. The van der Waals surface area contributed by atoms with Crippen LogP contribution in [0.25, 0.3) is 0 Å². The highest BCUT2D eigenvalue weighted by Gasteiger charge is 2.25. The van der Waals surface area contributed by atoms with E-state index in [0.717, 1.165) is 6.42 Å². The van der Waals surface area contributed by atoms with Crippen LogP contribution >= 0.6 is 0 Å². The quantitative estimate of drug-likeness (QED) is 0.469. The Morgan fingerprint density at radius 3 is 2.20 bits per heavy atom. The van der Waals surface area contributed by atoms with Crippen LogP contribution in [0.1, 0.15) is 13.3 Å². The molecule has 0 aromatic heterocycles. The van der Waals surface area contributed by atoms with Gasteiger partial charge in [-0.25, -0.2) is 5.43 Å². The molecule has 2 N–H and O–H groups in total. The SMILES string of the molecule is CCCNNCC(F)(F)F. The van der Waals surface area contributed by atoms with Gasteiger partial charge in [-0.15, -0.1) is 0 Å². The summed E-state index contributed by atoms with van der Waals surface area (Å²) in [5.41, 5.74) is 4.47. The Morgan fingerprint density at radius 1 is 1.20 bits per heavy atom. The number of hydrazine groups is 1. The number of rotatable bonds is 4. The molecule has 0 fully saturated rings. The molecule has 0 aliphatic rings. The van der Waals surface area contributed by atoms with E-state index >= 15 is 0 Å². The molecule has 0 atom stereocenters. The molecule has 0 aliphatic heterocycles. The number of hydrogen-bond acceptors (Lipinski definition) is 2. The van der Waals surface area contributed by atoms with Crippen LogP contribution in [0.15, 0.2) is 0 Å². The Labute approximate surface area is 57.8 Å². The number of nitrogens with one attached hydrogen (secondary N) is 2. The van der Waals surface area contributed by atoms with Crippen molar-refractivity contribution < 1.29 is 13.2 Å². The van der Waals surface area contributed by atoms with E-state index in [1.807, 2.05) is 6.92 Å². The fraction of sp³-hybridized carbons (Fsp3) is 1.00. The average molecular weight is 156 g/mol. The van der Waals surface area contributed by atoms with Crippen molar-refractivity contribution in [1.82, 2.24) is 10.9 Å². The predicted octanol–water partition coefficient (Wildman–Crippen LogP) is 1.05. The number of hydrogen-bond donors (Lipinski definition) is 2. The van der Waals surface area contributed by atoms with Crippen LogP contribution in [-0.4, -0.2) is 19.3 Å². The van der Waals surface area contributed by atoms with Crippen molar-refractivity contribution in [3.63, 3.8) is 0 Å². The summed E-state index contributed by atoms with van der Waals surface area (Å²) in [5, 5.41) is 0. The molecular formula is C5H11F3N2. The number of alkyl halides is 3. The van der Waals surface area contributed by atoms with Crippen LogP contribution in [0.3, 0.4) is 0 Å². The largest absolute Gasteiger partial charge is 0.402 e. The Kier molecular flexibility index (Phi) is 4.38. The van der Waals surface area contributed by atoms with E-state index in [4.69, 9.17) is 0 Å². The average Bonchev–Trinajstić information content (AvgIpc) is 1.78. The minimum absolute atomic E-state index is 0.552. The summed E-state index contributed by atoms with van der Waals surface area (Å²) >= 11 is 0. The second-order valence-corrected chi connectivity index (χ2v) is 1.90. The van der Waals surface area contributed by atoms with Gasteiger partial charge < -0.3 is 0 Å². The summed E-state index contributed by atoms with van der Waals surface area (Å²) in [6.45, 7) is 1.45. The molecule has 0 radical (unpaired) electrons. The normalized spacial score (nSPS) is 12.0. The topological polar surface area (TPSA) is 24.1 Å². The second-order valence-electron chi connectivity index (χ2n) is 1.90. The van der Waals surface area contributed by atoms with Gasteiger partial charge in [0.2, 0.25) is 0 Å². The summed E-state index contributed by atoms with van der Waals surface area (Å²) in [7, 11) is 0. The minimum Gasteiger partial charge on any atom is -0.258 e. The highest BCUT2D eigenvalue weighted by Crippen LogP contribution is 2.11. The van der Waals surface area contributed by atoms with Crippen LogP contribution in [0.2, 0.25) is 0 Å². The van der Waals surface area contributed by atoms with E-state index in [1.54, 1.807) is 0 Å². The van der Waals surface area contributed by atoms with E-state index in [9.17, 15) is 13.2 Å². The van der Waals surface area contributed by atoms with E-state index in [0.29, 0.717) is 6.54 Å². The van der Waals surface area contributed by atoms with Crippen molar-refractivity contribution in [2.75, 3.05) is 13.1 Å². The van der Waals surface area contributed by atoms with Crippen LogP contribution in [0, 0.1) is 0 Å². The lowest BCUT2D eigenvalue weighted by Crippen LogP contribution is -2.39. The summed E-state index contributed by atoms with van der Waals surface area (Å²) in [4.78, 5) is 0. The van der Waals surface area contributed by atoms with Gasteiger partial charge >= 0.3 is 6.18 Å². The van der Waals surface area contributed by atoms with Gasteiger partial charge in [-0.1, -0.05) is 6.92 Å². The fourth-order valence-electron chi connectivity index (χ4n) is 0.376. The molecule has 0 aromatic carbocycles. The first-order valence-electron chi connectivity index (χ1n) is 3.08. The van der Waals surface area contributed by atoms with Crippen molar-refractivity contribution in [2.24, 2.45) is 0 Å². The van der Waals surface area contributed by atoms with Gasteiger partial charge in [0.1, 0.15) is 6.54 Å². The first kappa shape index (κ1) is 9.71. The smallest absolute Gasteiger partial charge is 0.258 e. The van der Waals surface area contributed by atoms with Gasteiger partial charge in [0, 0.05) is 6.54 Å². The molecular weight excluding hydrogens is 145 g/mol. The Hall–Kier alpha value is -0.290. The Bertz CT molecular complexity index is 81.5. The molecule has 0 saturated carbocycles. The first-order valence-corrected chi connectivity index (χ1v) is 3.08. The van der Waals surface area contributed by atoms with E-state index in [-0.39, 0.29) is 0 Å². The fourth-order valence-corrected chi connectivity index (χ4v) is 0.376. The summed E-state index contributed by atoms with van der Waals surface area (Å²) in [6.07, 6.45) is -3.31. The zero-order chi connectivity index (χ0) is 8.04. The third-order valence-corrected chi connectivity index (χ3v) is 0.789. The molecule has 0 rings (SSSR count). The molecule has 62 valence electrons. The second kappa shape index (κ2) is 4.51. The Balaban J connectivity index is 3.04. The zero-order valence-electron chi connectivity index (χ0n) is 5.76. The van der Waals surface area contributed by atoms with Gasteiger partial charge in [-0.3, -0.25) is 5.43 Å². The van der Waals surface area contributed by atoms with E-state index in [2.05, 4.69) is 10.9 Å². The molecule has 0 saturated heterocycles. The molecule has 0 aromatic rings. The monoisotopic (exact) mass is 156 g/mol. The lowest BCUT2D eigenvalue weighted by molar-refractivity contribution is -0.126. The Morgan fingerprint density at radius 2 is 1.80 bits per heavy atom. The lowest BCUT2D eigenvalue weighted by atomic mass is 10.5. The molecule has 0 spiro atoms. The molecule has 0 aliphatic carbocycles. The maximum absolute atomic E-state index is 11.4. The maximum atomic E-state index is 11.4. The third-order valence-electron chi connectivity index (χ3n) is 0.789. The van der Waals surface area contributed by atoms with Crippen molar-refractivity contribution in [2.45, 2.75) is 19.5 Å². The maximum Gasteiger partial charge on any atom is 0.402 e. The van der Waals surface area contributed by atoms with Gasteiger partial charge in [-0.2, -0.15) is 13.2 Å². The van der Waals surface area contributed by atoms with Crippen molar-refractivity contribution in [3.8, 4) is 0 Å². The summed E-state index contributed by atoms with van der Waals surface area (Å²) < 4.78 is 34.1. The van der Waals surface area contributed by atoms with Gasteiger partial charge in [0.05, 0.1) is 0 Å². The molecule has 10 heavy (non-hydrogen) atoms. The van der Waals surface area contributed by atoms with Crippen LogP contribution < -0.4 is 10.9 Å². The van der Waals surface area contributed by atoms with Crippen LogP contribution in [0.4, 0.5) is 13.2 Å². The molecule has 2 nitrogen and oxygen atoms in total. The predicted molar refractivity (Wildman–Crippen MR) is 32.4 cm³/mol. The summed E-state index contributed by atoms with van der Waals surface area (Å²) in [5.74, 6) is 0. The first-order chi connectivity index (χ1) is 4.56. The van der Waals surface area contributed by atoms with E-state index in [1.165, 1.54) is 0 Å². The molecule has 0 unspecified atom stereocenters. The van der Waals surface area contributed by atoms with Crippen molar-refractivity contribution in [3.05, 3.63) is 0 Å². The summed E-state index contributed by atoms with van der Waals surface area (Å²) in [6, 6.07) is 0. The van der Waals surface area contributed by atoms with Gasteiger partial charge in [0.25, 0.3) is 0 Å². The van der Waals surface area contributed by atoms with E-state index < -0.39 is 12.7 Å². The van der Waals surface area contributed by atoms with Gasteiger partial charge in [0.15, 0.2) is 0 Å². The lowest BCUT2D eigenvalue weighted by Gasteiger charge is -2.07. The van der Waals surface area contributed by atoms with Crippen LogP contribution in [0.5, 0.6) is 0 Å². The van der Waals surface area contributed by atoms with Gasteiger partial charge in [-0.05, 0) is 6.42 Å². The zero-order valence-corrected chi connectivity index (χ0v) is 5.76. The third kappa shape index (κ3) is 7.71. The highest BCUT2D eigenvalue weighted by atomic mass is 19.4. The van der Waals surface area contributed by atoms with Crippen molar-refractivity contribution >= 4 is 0 Å². The van der Waals surface area contributed by atoms with Crippen molar-refractivity contribution in [1.29, 1.82) is 0 Å².